The lowest BCUT2D eigenvalue weighted by atomic mass is 10.2. The number of benzene rings is 2. The first-order chi connectivity index (χ1) is 13.5. The molecule has 1 unspecified atom stereocenters. The van der Waals surface area contributed by atoms with Gasteiger partial charge in [-0.1, -0.05) is 31.2 Å². The number of aryl methyl sites for hydroxylation is 1. The molecule has 0 fully saturated rings. The molecule has 1 N–H and O–H groups in total. The Kier molecular flexibility index (Phi) is 5.70. The predicted octanol–water partition coefficient (Wildman–Crippen LogP) is 3.04. The summed E-state index contributed by atoms with van der Waals surface area (Å²) in [5.74, 6) is -0.255. The van der Waals surface area contributed by atoms with Crippen molar-refractivity contribution >= 4 is 28.6 Å². The van der Waals surface area contributed by atoms with Crippen molar-refractivity contribution < 1.29 is 14.3 Å². The molecule has 0 aliphatic rings. The predicted molar refractivity (Wildman–Crippen MR) is 104 cm³/mol. The maximum absolute atomic E-state index is 12.4. The maximum Gasteiger partial charge on any atom is 0.326 e. The molecule has 28 heavy (non-hydrogen) atoms. The van der Waals surface area contributed by atoms with Gasteiger partial charge in [0.15, 0.2) is 6.10 Å². The van der Waals surface area contributed by atoms with Gasteiger partial charge < -0.3 is 14.6 Å². The number of ether oxygens (including phenoxy) is 1. The molecule has 1 amide bonds. The summed E-state index contributed by atoms with van der Waals surface area (Å²) in [4.78, 5) is 29.3. The van der Waals surface area contributed by atoms with Crippen LogP contribution in [-0.4, -0.2) is 27.5 Å². The third-order valence-electron chi connectivity index (χ3n) is 4.32. The van der Waals surface area contributed by atoms with Crippen molar-refractivity contribution in [2.75, 3.05) is 5.32 Å². The van der Waals surface area contributed by atoms with Gasteiger partial charge in [-0.05, 0) is 31.2 Å². The number of nitrogens with one attached hydrogen (secondary N) is 1. The first-order valence-electron chi connectivity index (χ1n) is 8.97. The molecule has 1 aromatic heterocycles. The summed E-state index contributed by atoms with van der Waals surface area (Å²) in [6.07, 6.45) is -0.331. The quantitative estimate of drug-likeness (QED) is 0.667. The number of hydrogen-bond acceptors (Lipinski definition) is 5. The van der Waals surface area contributed by atoms with Crippen LogP contribution < -0.4 is 5.32 Å². The lowest BCUT2D eigenvalue weighted by Crippen LogP contribution is -2.31. The minimum Gasteiger partial charge on any atom is -0.451 e. The van der Waals surface area contributed by atoms with E-state index in [9.17, 15) is 9.59 Å². The highest BCUT2D eigenvalue weighted by Crippen LogP contribution is 2.17. The number of nitrogens with zero attached hydrogens (tertiary/aromatic N) is 3. The van der Waals surface area contributed by atoms with Gasteiger partial charge in [0.2, 0.25) is 0 Å². The molecule has 0 aliphatic carbocycles. The van der Waals surface area contributed by atoms with Gasteiger partial charge in [-0.15, -0.1) is 0 Å². The zero-order valence-corrected chi connectivity index (χ0v) is 15.7. The summed E-state index contributed by atoms with van der Waals surface area (Å²) < 4.78 is 7.10. The summed E-state index contributed by atoms with van der Waals surface area (Å²) in [6.45, 7) is 3.43. The van der Waals surface area contributed by atoms with E-state index in [2.05, 4.69) is 10.3 Å². The van der Waals surface area contributed by atoms with E-state index < -0.39 is 18.0 Å². The van der Waals surface area contributed by atoms with E-state index in [0.29, 0.717) is 17.7 Å². The van der Waals surface area contributed by atoms with Crippen molar-refractivity contribution in [3.05, 3.63) is 59.9 Å². The Balaban J connectivity index is 1.68. The maximum atomic E-state index is 12.4. The molecule has 1 atom stereocenters. The summed E-state index contributed by atoms with van der Waals surface area (Å²) in [7, 11) is 0. The van der Waals surface area contributed by atoms with Gasteiger partial charge in [0, 0.05) is 6.42 Å². The summed E-state index contributed by atoms with van der Waals surface area (Å²) in [5, 5.41) is 11.7. The molecule has 7 nitrogen and oxygen atoms in total. The van der Waals surface area contributed by atoms with Crippen molar-refractivity contribution in [2.24, 2.45) is 0 Å². The van der Waals surface area contributed by atoms with Crippen LogP contribution in [0, 0.1) is 11.3 Å². The number of esters is 1. The zero-order valence-electron chi connectivity index (χ0n) is 15.7. The molecular formula is C21H20N4O3. The lowest BCUT2D eigenvalue weighted by Gasteiger charge is -2.15. The van der Waals surface area contributed by atoms with Gasteiger partial charge in [0.05, 0.1) is 22.3 Å². The van der Waals surface area contributed by atoms with Gasteiger partial charge in [-0.3, -0.25) is 9.59 Å². The molecule has 0 radical (unpaired) electrons. The largest absolute Gasteiger partial charge is 0.451 e. The summed E-state index contributed by atoms with van der Waals surface area (Å²) >= 11 is 0. The second kappa shape index (κ2) is 8.35. The van der Waals surface area contributed by atoms with Crippen LogP contribution in [-0.2, 0) is 27.3 Å². The van der Waals surface area contributed by atoms with E-state index in [1.807, 2.05) is 37.3 Å². The Morgan fingerprint density at radius 1 is 1.21 bits per heavy atom. The van der Waals surface area contributed by atoms with E-state index in [1.165, 1.54) is 6.92 Å². The fourth-order valence-corrected chi connectivity index (χ4v) is 2.91. The van der Waals surface area contributed by atoms with E-state index in [0.717, 1.165) is 16.9 Å². The Morgan fingerprint density at radius 2 is 1.93 bits per heavy atom. The number of hydrogen-bond donors (Lipinski definition) is 1. The first-order valence-corrected chi connectivity index (χ1v) is 8.97. The fourth-order valence-electron chi connectivity index (χ4n) is 2.91. The molecule has 1 heterocycles. The fraction of sp³-hybridized carbons (Fsp3) is 0.238. The van der Waals surface area contributed by atoms with Gasteiger partial charge in [0.1, 0.15) is 18.4 Å². The number of anilines is 1. The lowest BCUT2D eigenvalue weighted by molar-refractivity contribution is -0.153. The van der Waals surface area contributed by atoms with Crippen LogP contribution in [0.3, 0.4) is 0 Å². The van der Waals surface area contributed by atoms with Crippen molar-refractivity contribution in [2.45, 2.75) is 32.9 Å². The minimum atomic E-state index is -1.00. The SMILES string of the molecule is CCc1nc2ccccc2n1CC(=O)OC(C)C(=O)Nc1ccccc1C#N. The number of imidazole rings is 1. The molecule has 0 bridgehead atoms. The number of para-hydroxylation sites is 3. The number of carbonyl (C=O) groups excluding carboxylic acids is 2. The molecule has 3 rings (SSSR count). The normalized spacial score (nSPS) is 11.6. The highest BCUT2D eigenvalue weighted by Gasteiger charge is 2.20. The smallest absolute Gasteiger partial charge is 0.326 e. The minimum absolute atomic E-state index is 0.0317. The average Bonchev–Trinajstić information content (AvgIpc) is 3.05. The highest BCUT2D eigenvalue weighted by atomic mass is 16.5. The van der Waals surface area contributed by atoms with Crippen LogP contribution in [0.4, 0.5) is 5.69 Å². The second-order valence-electron chi connectivity index (χ2n) is 6.24. The van der Waals surface area contributed by atoms with Crippen LogP contribution in [0.15, 0.2) is 48.5 Å². The zero-order chi connectivity index (χ0) is 20.1. The first kappa shape index (κ1) is 19.1. The third kappa shape index (κ3) is 4.01. The van der Waals surface area contributed by atoms with Crippen LogP contribution in [0.1, 0.15) is 25.2 Å². The van der Waals surface area contributed by atoms with Gasteiger partial charge in [-0.25, -0.2) is 4.98 Å². The number of rotatable bonds is 6. The molecule has 0 spiro atoms. The molecule has 0 aliphatic heterocycles. The van der Waals surface area contributed by atoms with Gasteiger partial charge in [-0.2, -0.15) is 5.26 Å². The Morgan fingerprint density at radius 3 is 2.68 bits per heavy atom. The molecule has 7 heteroatoms. The van der Waals surface area contributed by atoms with E-state index in [-0.39, 0.29) is 6.54 Å². The summed E-state index contributed by atoms with van der Waals surface area (Å²) in [5.41, 5.74) is 2.38. The van der Waals surface area contributed by atoms with E-state index in [1.54, 1.807) is 28.8 Å². The van der Waals surface area contributed by atoms with Crippen LogP contribution in [0.25, 0.3) is 11.0 Å². The van der Waals surface area contributed by atoms with Gasteiger partial charge in [0.25, 0.3) is 5.91 Å². The topological polar surface area (TPSA) is 97.0 Å². The standard InChI is InChI=1S/C21H20N4O3/c1-3-19-23-17-10-6-7-11-18(17)25(19)13-20(26)28-14(2)21(27)24-16-9-5-4-8-15(16)12-22/h4-11,14H,3,13H2,1-2H3,(H,24,27). The average molecular weight is 376 g/mol. The molecule has 2 aromatic carbocycles. The Hall–Kier alpha value is -3.66. The molecule has 3 aromatic rings. The van der Waals surface area contributed by atoms with Crippen LogP contribution in [0.5, 0.6) is 0 Å². The van der Waals surface area contributed by atoms with Crippen molar-refractivity contribution in [3.8, 4) is 6.07 Å². The van der Waals surface area contributed by atoms with Crippen LogP contribution >= 0.6 is 0 Å². The van der Waals surface area contributed by atoms with E-state index in [4.69, 9.17) is 10.00 Å². The number of nitriles is 1. The van der Waals surface area contributed by atoms with Crippen LogP contribution in [0.2, 0.25) is 0 Å². The number of amides is 1. The number of aromatic nitrogens is 2. The Labute approximate surface area is 162 Å². The van der Waals surface area contributed by atoms with Crippen molar-refractivity contribution in [3.63, 3.8) is 0 Å². The Bertz CT molecular complexity index is 1060. The van der Waals surface area contributed by atoms with Gasteiger partial charge >= 0.3 is 5.97 Å². The number of fused-ring (bicyclic) bond motifs is 1. The van der Waals surface area contributed by atoms with E-state index >= 15 is 0 Å². The number of carbonyl (C=O) groups is 2. The highest BCUT2D eigenvalue weighted by molar-refractivity contribution is 5.96. The summed E-state index contributed by atoms with van der Waals surface area (Å²) in [6, 6.07) is 16.2. The monoisotopic (exact) mass is 376 g/mol. The second-order valence-corrected chi connectivity index (χ2v) is 6.24. The molecule has 0 saturated heterocycles. The molecular weight excluding hydrogens is 356 g/mol. The van der Waals surface area contributed by atoms with Crippen molar-refractivity contribution in [1.82, 2.24) is 9.55 Å². The molecule has 142 valence electrons. The molecule has 0 saturated carbocycles. The third-order valence-corrected chi connectivity index (χ3v) is 4.32. The van der Waals surface area contributed by atoms with Crippen molar-refractivity contribution in [1.29, 1.82) is 5.26 Å².